The van der Waals surface area contributed by atoms with Gasteiger partial charge < -0.3 is 26.2 Å². The monoisotopic (exact) mass is 709 g/mol. The third-order valence-corrected chi connectivity index (χ3v) is 12.5. The van der Waals surface area contributed by atoms with Gasteiger partial charge in [0.2, 0.25) is 23.5 Å². The van der Waals surface area contributed by atoms with Crippen molar-refractivity contribution < 1.29 is 28.8 Å². The van der Waals surface area contributed by atoms with Crippen molar-refractivity contribution in [3.8, 4) is 0 Å². The van der Waals surface area contributed by atoms with Crippen LogP contribution in [0.15, 0.2) is 30.2 Å². The molecule has 1 saturated heterocycles. The van der Waals surface area contributed by atoms with Crippen LogP contribution in [-0.4, -0.2) is 77.5 Å². The first-order valence-corrected chi connectivity index (χ1v) is 19.2. The number of carbonyl (C=O) groups excluding carboxylic acids is 6. The maximum atomic E-state index is 14.6. The second-order valence-corrected chi connectivity index (χ2v) is 17.4. The number of rotatable bonds is 14. The van der Waals surface area contributed by atoms with Gasteiger partial charge >= 0.3 is 0 Å². The van der Waals surface area contributed by atoms with E-state index in [1.165, 1.54) is 17.4 Å². The Morgan fingerprint density at radius 2 is 1.70 bits per heavy atom. The molecule has 1 unspecified atom stereocenters. The number of ketones is 1. The van der Waals surface area contributed by atoms with Crippen LogP contribution in [0.3, 0.4) is 0 Å². The number of fused-ring (bicyclic) bond motifs is 1. The summed E-state index contributed by atoms with van der Waals surface area (Å²) in [7, 11) is 0. The molecule has 11 nitrogen and oxygen atoms in total. The lowest BCUT2D eigenvalue weighted by Crippen LogP contribution is -2.63. The normalized spacial score (nSPS) is 24.8. The maximum absolute atomic E-state index is 14.6. The molecule has 1 aliphatic heterocycles. The number of piperidine rings is 1. The SMILES string of the molecule is C=CCNC(=O)C(=O)C(CC1CCC1)NC(=O)[C@@H]1[C@@H]2[C@H](CN1C(=O)[C@@H](NC(=O)[C@@H](NC(=O)c1cccs1)C1CCCCC1)C(C)(C)C)C2(C)C. The van der Waals surface area contributed by atoms with Gasteiger partial charge in [0.1, 0.15) is 18.1 Å². The van der Waals surface area contributed by atoms with Crippen LogP contribution in [-0.2, 0) is 24.0 Å². The smallest absolute Gasteiger partial charge is 0.289 e. The Morgan fingerprint density at radius 1 is 1.00 bits per heavy atom. The number of thiophene rings is 1. The third-order valence-electron chi connectivity index (χ3n) is 11.7. The van der Waals surface area contributed by atoms with Crippen molar-refractivity contribution >= 4 is 46.7 Å². The molecule has 50 heavy (non-hydrogen) atoms. The molecule has 0 bridgehead atoms. The summed E-state index contributed by atoms with van der Waals surface area (Å²) in [6.07, 6.45) is 9.38. The van der Waals surface area contributed by atoms with Crippen molar-refractivity contribution in [3.05, 3.63) is 35.0 Å². The van der Waals surface area contributed by atoms with Crippen LogP contribution in [0.5, 0.6) is 0 Å². The van der Waals surface area contributed by atoms with Crippen LogP contribution >= 0.6 is 11.3 Å². The van der Waals surface area contributed by atoms with Gasteiger partial charge in [-0.15, -0.1) is 17.9 Å². The minimum absolute atomic E-state index is 0.0593. The first-order valence-electron chi connectivity index (χ1n) is 18.3. The molecule has 1 aromatic rings. The molecule has 4 aliphatic rings. The minimum Gasteiger partial charge on any atom is -0.346 e. The molecule has 3 saturated carbocycles. The summed E-state index contributed by atoms with van der Waals surface area (Å²) in [5, 5.41) is 13.3. The van der Waals surface area contributed by atoms with E-state index >= 15 is 0 Å². The molecule has 0 aromatic carbocycles. The van der Waals surface area contributed by atoms with E-state index < -0.39 is 53.1 Å². The number of hydrogen-bond acceptors (Lipinski definition) is 7. The zero-order valence-corrected chi connectivity index (χ0v) is 31.0. The van der Waals surface area contributed by atoms with Crippen LogP contribution in [0.4, 0.5) is 0 Å². The molecule has 274 valence electrons. The number of likely N-dealkylation sites (tertiary alicyclic amines) is 1. The van der Waals surface area contributed by atoms with Gasteiger partial charge in [-0.2, -0.15) is 0 Å². The fourth-order valence-corrected chi connectivity index (χ4v) is 8.93. The first-order chi connectivity index (χ1) is 23.6. The zero-order valence-electron chi connectivity index (χ0n) is 30.2. The summed E-state index contributed by atoms with van der Waals surface area (Å²) in [6.45, 7) is 13.9. The Hall–Kier alpha value is -3.54. The summed E-state index contributed by atoms with van der Waals surface area (Å²) < 4.78 is 0. The summed E-state index contributed by atoms with van der Waals surface area (Å²) in [5.74, 6) is -2.88. The van der Waals surface area contributed by atoms with E-state index in [0.717, 1.165) is 51.4 Å². The van der Waals surface area contributed by atoms with E-state index in [9.17, 15) is 28.8 Å². The molecule has 0 spiro atoms. The highest BCUT2D eigenvalue weighted by molar-refractivity contribution is 7.12. The van der Waals surface area contributed by atoms with Gasteiger partial charge in [0.05, 0.1) is 10.9 Å². The van der Waals surface area contributed by atoms with Crippen molar-refractivity contribution in [2.45, 2.75) is 117 Å². The number of hydrogen-bond donors (Lipinski definition) is 4. The molecule has 1 aromatic heterocycles. The standard InChI is InChI=1S/C38H55N5O6S/c1-7-18-39-35(48)30(44)25(20-22-13-11-14-22)40-34(47)29-27-24(38(27,5)6)21-43(29)36(49)31(37(2,3)4)42-33(46)28(23-15-9-8-10-16-23)41-32(45)26-17-12-19-50-26/h7,12,17,19,22-25,27-29,31H,1,8-11,13-16,18,20-21H2,2-6H3,(H,39,48)(H,40,47)(H,41,45)(H,42,46)/t24-,25?,27-,28-,29-,31+/m0/s1. The van der Waals surface area contributed by atoms with Gasteiger partial charge in [-0.25, -0.2) is 0 Å². The molecule has 2 heterocycles. The highest BCUT2D eigenvalue weighted by Crippen LogP contribution is 2.65. The Balaban J connectivity index is 1.36. The zero-order chi connectivity index (χ0) is 36.4. The fourth-order valence-electron chi connectivity index (χ4n) is 8.31. The van der Waals surface area contributed by atoms with Crippen LogP contribution in [0.1, 0.15) is 102 Å². The number of Topliss-reactive ketones (excluding diaryl/α,β-unsaturated/α-hetero) is 1. The van der Waals surface area contributed by atoms with E-state index in [1.807, 2.05) is 26.2 Å². The van der Waals surface area contributed by atoms with Crippen molar-refractivity contribution in [3.63, 3.8) is 0 Å². The molecular formula is C38H55N5O6S. The average molecular weight is 710 g/mol. The second kappa shape index (κ2) is 15.4. The van der Waals surface area contributed by atoms with Crippen molar-refractivity contribution in [1.82, 2.24) is 26.2 Å². The first kappa shape index (κ1) is 37.7. The predicted molar refractivity (Wildman–Crippen MR) is 192 cm³/mol. The van der Waals surface area contributed by atoms with Gasteiger partial charge in [-0.3, -0.25) is 28.8 Å². The number of nitrogens with one attached hydrogen (secondary N) is 4. The molecule has 12 heteroatoms. The Labute approximate surface area is 300 Å². The van der Waals surface area contributed by atoms with E-state index in [4.69, 9.17) is 0 Å². The van der Waals surface area contributed by atoms with Gasteiger partial charge in [0, 0.05) is 13.1 Å². The molecule has 5 amide bonds. The number of carbonyl (C=O) groups is 6. The number of amides is 5. The fraction of sp³-hybridized carbons (Fsp3) is 0.684. The molecule has 4 fully saturated rings. The number of nitrogens with zero attached hydrogens (tertiary/aromatic N) is 1. The van der Waals surface area contributed by atoms with Gasteiger partial charge in [-0.1, -0.05) is 85.3 Å². The summed E-state index contributed by atoms with van der Waals surface area (Å²) in [5.41, 5.74) is -0.914. The lowest BCUT2D eigenvalue weighted by atomic mass is 9.80. The van der Waals surface area contributed by atoms with Gasteiger partial charge in [0.25, 0.3) is 11.8 Å². The highest BCUT2D eigenvalue weighted by atomic mass is 32.1. The predicted octanol–water partition coefficient (Wildman–Crippen LogP) is 3.99. The van der Waals surface area contributed by atoms with E-state index in [1.54, 1.807) is 17.0 Å². The average Bonchev–Trinajstić information content (AvgIpc) is 3.51. The van der Waals surface area contributed by atoms with Crippen molar-refractivity contribution in [2.75, 3.05) is 13.1 Å². The van der Waals surface area contributed by atoms with Gasteiger partial charge in [0.15, 0.2) is 0 Å². The molecule has 4 N–H and O–H groups in total. The third kappa shape index (κ3) is 8.16. The van der Waals surface area contributed by atoms with E-state index in [-0.39, 0.29) is 47.4 Å². The Bertz CT molecular complexity index is 1460. The highest BCUT2D eigenvalue weighted by Gasteiger charge is 2.70. The van der Waals surface area contributed by atoms with Gasteiger partial charge in [-0.05, 0) is 65.2 Å². The van der Waals surface area contributed by atoms with Crippen molar-refractivity contribution in [2.24, 2.45) is 34.5 Å². The van der Waals surface area contributed by atoms with E-state index in [0.29, 0.717) is 17.8 Å². The largest absolute Gasteiger partial charge is 0.346 e. The molecular weight excluding hydrogens is 655 g/mol. The second-order valence-electron chi connectivity index (χ2n) is 16.5. The molecule has 5 rings (SSSR count). The summed E-state index contributed by atoms with van der Waals surface area (Å²) >= 11 is 1.31. The summed E-state index contributed by atoms with van der Waals surface area (Å²) in [4.78, 5) is 84.3. The molecule has 3 aliphatic carbocycles. The van der Waals surface area contributed by atoms with Crippen LogP contribution in [0.2, 0.25) is 0 Å². The van der Waals surface area contributed by atoms with Crippen LogP contribution < -0.4 is 21.3 Å². The van der Waals surface area contributed by atoms with Crippen LogP contribution in [0, 0.1) is 34.5 Å². The molecule has 6 atom stereocenters. The lowest BCUT2D eigenvalue weighted by molar-refractivity contribution is -0.147. The minimum atomic E-state index is -1.00. The van der Waals surface area contributed by atoms with Crippen LogP contribution in [0.25, 0.3) is 0 Å². The maximum Gasteiger partial charge on any atom is 0.289 e. The van der Waals surface area contributed by atoms with E-state index in [2.05, 4.69) is 41.7 Å². The summed E-state index contributed by atoms with van der Waals surface area (Å²) in [6, 6.07) is -0.130. The lowest BCUT2D eigenvalue weighted by Gasteiger charge is -2.39. The quantitative estimate of drug-likeness (QED) is 0.169. The topological polar surface area (TPSA) is 154 Å². The Morgan fingerprint density at radius 3 is 2.28 bits per heavy atom. The molecule has 0 radical (unpaired) electrons. The van der Waals surface area contributed by atoms with Crippen molar-refractivity contribution in [1.29, 1.82) is 0 Å². The Kier molecular flexibility index (Phi) is 11.6.